The molecule has 0 unspecified atom stereocenters. The SMILES string of the molecule is Cc1nn(CCCNC(=O)c2ccn(COc3ccc([N+](=O)[O-])cc3Cl)n2)c(C)c1Br. The third-order valence-corrected chi connectivity index (χ3v) is 5.92. The Bertz CT molecular complexity index is 1110. The first-order chi connectivity index (χ1) is 14.8. The smallest absolute Gasteiger partial charge is 0.271 e. The first-order valence-corrected chi connectivity index (χ1v) is 10.5. The van der Waals surface area contributed by atoms with Gasteiger partial charge in [-0.1, -0.05) is 11.6 Å². The number of carbonyl (C=O) groups is 1. The molecule has 10 nitrogen and oxygen atoms in total. The Hall–Kier alpha value is -2.92. The molecule has 0 saturated heterocycles. The number of aryl methyl sites for hydroxylation is 2. The summed E-state index contributed by atoms with van der Waals surface area (Å²) in [6, 6.07) is 5.50. The Morgan fingerprint density at radius 3 is 2.74 bits per heavy atom. The fourth-order valence-electron chi connectivity index (χ4n) is 2.82. The van der Waals surface area contributed by atoms with Gasteiger partial charge in [-0.2, -0.15) is 10.2 Å². The Balaban J connectivity index is 1.47. The van der Waals surface area contributed by atoms with Gasteiger partial charge >= 0.3 is 0 Å². The molecule has 2 heterocycles. The van der Waals surface area contributed by atoms with Crippen molar-refractivity contribution in [3.8, 4) is 5.75 Å². The van der Waals surface area contributed by atoms with Crippen molar-refractivity contribution in [3.05, 3.63) is 67.2 Å². The number of rotatable bonds is 9. The van der Waals surface area contributed by atoms with Crippen molar-refractivity contribution in [2.75, 3.05) is 6.54 Å². The number of halogens is 2. The van der Waals surface area contributed by atoms with Crippen LogP contribution >= 0.6 is 27.5 Å². The lowest BCUT2D eigenvalue weighted by Crippen LogP contribution is -2.26. The van der Waals surface area contributed by atoms with Gasteiger partial charge in [-0.05, 0) is 48.3 Å². The lowest BCUT2D eigenvalue weighted by Gasteiger charge is -2.08. The first-order valence-electron chi connectivity index (χ1n) is 9.34. The summed E-state index contributed by atoms with van der Waals surface area (Å²) >= 11 is 9.50. The van der Waals surface area contributed by atoms with Gasteiger partial charge in [0.15, 0.2) is 6.73 Å². The van der Waals surface area contributed by atoms with E-state index in [9.17, 15) is 14.9 Å². The van der Waals surface area contributed by atoms with Crippen molar-refractivity contribution in [1.82, 2.24) is 24.9 Å². The number of hydrogen-bond donors (Lipinski definition) is 1. The molecule has 164 valence electrons. The lowest BCUT2D eigenvalue weighted by molar-refractivity contribution is -0.384. The molecule has 3 rings (SSSR count). The van der Waals surface area contributed by atoms with Gasteiger partial charge in [0, 0.05) is 37.1 Å². The summed E-state index contributed by atoms with van der Waals surface area (Å²) in [5.41, 5.74) is 2.12. The highest BCUT2D eigenvalue weighted by Gasteiger charge is 2.13. The maximum Gasteiger partial charge on any atom is 0.271 e. The van der Waals surface area contributed by atoms with Crippen LogP contribution in [0, 0.1) is 24.0 Å². The maximum absolute atomic E-state index is 12.3. The van der Waals surface area contributed by atoms with Crippen LogP contribution in [-0.4, -0.2) is 36.9 Å². The predicted octanol–water partition coefficient (Wildman–Crippen LogP) is 3.88. The largest absolute Gasteiger partial charge is 0.470 e. The average Bonchev–Trinajstić information content (AvgIpc) is 3.31. The molecule has 0 aliphatic carbocycles. The Kier molecular flexibility index (Phi) is 7.29. The van der Waals surface area contributed by atoms with E-state index in [1.54, 1.807) is 12.3 Å². The fourth-order valence-corrected chi connectivity index (χ4v) is 3.34. The first kappa shape index (κ1) is 22.8. The number of aromatic nitrogens is 4. The standard InChI is InChI=1S/C19H20BrClN6O4/c1-12-18(20)13(2)26(23-12)8-3-7-22-19(28)16-6-9-25(24-16)11-31-17-5-4-14(27(29)30)10-15(17)21/h4-6,9-10H,3,7-8,11H2,1-2H3,(H,22,28). The molecule has 0 radical (unpaired) electrons. The monoisotopic (exact) mass is 510 g/mol. The topological polar surface area (TPSA) is 117 Å². The number of nitro benzene ring substituents is 1. The summed E-state index contributed by atoms with van der Waals surface area (Å²) in [5, 5.41) is 22.3. The number of amides is 1. The highest BCUT2D eigenvalue weighted by molar-refractivity contribution is 9.10. The molecule has 0 spiro atoms. The van der Waals surface area contributed by atoms with Crippen LogP contribution in [0.4, 0.5) is 5.69 Å². The minimum absolute atomic E-state index is 0.00237. The Labute approximate surface area is 191 Å². The predicted molar refractivity (Wildman–Crippen MR) is 117 cm³/mol. The van der Waals surface area contributed by atoms with Crippen molar-refractivity contribution in [2.24, 2.45) is 0 Å². The molecule has 1 amide bonds. The van der Waals surface area contributed by atoms with Crippen LogP contribution in [0.5, 0.6) is 5.75 Å². The van der Waals surface area contributed by atoms with Gasteiger partial charge in [0.05, 0.1) is 20.1 Å². The molecule has 0 aliphatic heterocycles. The van der Waals surface area contributed by atoms with Crippen molar-refractivity contribution >= 4 is 39.1 Å². The van der Waals surface area contributed by atoms with E-state index in [4.69, 9.17) is 16.3 Å². The second-order valence-electron chi connectivity index (χ2n) is 6.70. The number of non-ortho nitro benzene ring substituents is 1. The molecular weight excluding hydrogens is 492 g/mol. The molecule has 12 heteroatoms. The van der Waals surface area contributed by atoms with Gasteiger partial charge in [-0.25, -0.2) is 4.68 Å². The zero-order valence-corrected chi connectivity index (χ0v) is 19.2. The molecule has 31 heavy (non-hydrogen) atoms. The molecular formula is C19H20BrClN6O4. The highest BCUT2D eigenvalue weighted by Crippen LogP contribution is 2.28. The van der Waals surface area contributed by atoms with Crippen LogP contribution in [0.2, 0.25) is 5.02 Å². The van der Waals surface area contributed by atoms with Crippen LogP contribution in [0.15, 0.2) is 34.9 Å². The van der Waals surface area contributed by atoms with E-state index >= 15 is 0 Å². The molecule has 1 aromatic carbocycles. The van der Waals surface area contributed by atoms with Crippen LogP contribution in [0.3, 0.4) is 0 Å². The quantitative estimate of drug-likeness (QED) is 0.265. The van der Waals surface area contributed by atoms with E-state index in [1.165, 1.54) is 22.9 Å². The van der Waals surface area contributed by atoms with Gasteiger partial charge in [-0.3, -0.25) is 19.6 Å². The summed E-state index contributed by atoms with van der Waals surface area (Å²) in [7, 11) is 0. The van der Waals surface area contributed by atoms with Crippen molar-refractivity contribution in [3.63, 3.8) is 0 Å². The summed E-state index contributed by atoms with van der Waals surface area (Å²) in [6.07, 6.45) is 2.32. The maximum atomic E-state index is 12.3. The summed E-state index contributed by atoms with van der Waals surface area (Å²) < 4.78 is 9.86. The number of hydrogen-bond acceptors (Lipinski definition) is 6. The van der Waals surface area contributed by atoms with Gasteiger partial charge in [-0.15, -0.1) is 0 Å². The van der Waals surface area contributed by atoms with E-state index in [-0.39, 0.29) is 34.8 Å². The molecule has 0 fully saturated rings. The molecule has 0 aliphatic rings. The summed E-state index contributed by atoms with van der Waals surface area (Å²) in [4.78, 5) is 22.5. The number of carbonyl (C=O) groups excluding carboxylic acids is 1. The second-order valence-corrected chi connectivity index (χ2v) is 7.90. The normalized spacial score (nSPS) is 10.8. The molecule has 0 bridgehead atoms. The Morgan fingerprint density at radius 1 is 1.32 bits per heavy atom. The van der Waals surface area contributed by atoms with Gasteiger partial charge in [0.1, 0.15) is 11.4 Å². The minimum atomic E-state index is -0.537. The third-order valence-electron chi connectivity index (χ3n) is 4.48. The fraction of sp³-hybridized carbons (Fsp3) is 0.316. The molecule has 1 N–H and O–H groups in total. The van der Waals surface area contributed by atoms with Crippen LogP contribution in [-0.2, 0) is 13.3 Å². The number of nitrogens with zero attached hydrogens (tertiary/aromatic N) is 5. The highest BCUT2D eigenvalue weighted by atomic mass is 79.9. The lowest BCUT2D eigenvalue weighted by atomic mass is 10.3. The van der Waals surface area contributed by atoms with E-state index in [1.807, 2.05) is 18.5 Å². The molecule has 0 atom stereocenters. The Morgan fingerprint density at radius 2 is 2.10 bits per heavy atom. The number of benzene rings is 1. The minimum Gasteiger partial charge on any atom is -0.470 e. The second kappa shape index (κ2) is 9.92. The van der Waals surface area contributed by atoms with Crippen molar-refractivity contribution in [2.45, 2.75) is 33.5 Å². The van der Waals surface area contributed by atoms with Crippen molar-refractivity contribution in [1.29, 1.82) is 0 Å². The van der Waals surface area contributed by atoms with Crippen LogP contribution in [0.25, 0.3) is 0 Å². The zero-order valence-electron chi connectivity index (χ0n) is 16.8. The third kappa shape index (κ3) is 5.61. The van der Waals surface area contributed by atoms with Crippen LogP contribution in [0.1, 0.15) is 28.3 Å². The van der Waals surface area contributed by atoms with E-state index in [0.29, 0.717) is 13.1 Å². The van der Waals surface area contributed by atoms with Gasteiger partial charge < -0.3 is 10.1 Å². The van der Waals surface area contributed by atoms with E-state index in [2.05, 4.69) is 31.4 Å². The van der Waals surface area contributed by atoms with Gasteiger partial charge in [0.25, 0.3) is 11.6 Å². The zero-order chi connectivity index (χ0) is 22.5. The van der Waals surface area contributed by atoms with Crippen LogP contribution < -0.4 is 10.1 Å². The summed E-state index contributed by atoms with van der Waals surface area (Å²) in [6.45, 7) is 5.09. The van der Waals surface area contributed by atoms with E-state index in [0.717, 1.165) is 22.3 Å². The summed E-state index contributed by atoms with van der Waals surface area (Å²) in [5.74, 6) is -0.00813. The number of ether oxygens (including phenoxy) is 1. The molecule has 2 aromatic heterocycles. The molecule has 3 aromatic rings. The van der Waals surface area contributed by atoms with Gasteiger partial charge in [0.2, 0.25) is 0 Å². The van der Waals surface area contributed by atoms with E-state index < -0.39 is 4.92 Å². The molecule has 0 saturated carbocycles. The average molecular weight is 512 g/mol. The number of nitrogens with one attached hydrogen (secondary N) is 1. The number of nitro groups is 1. The van der Waals surface area contributed by atoms with Crippen molar-refractivity contribution < 1.29 is 14.5 Å².